The number of hydrogen-bond donors (Lipinski definition) is 2. The zero-order valence-electron chi connectivity index (χ0n) is 11.9. The lowest BCUT2D eigenvalue weighted by atomic mass is 10.2. The van der Waals surface area contributed by atoms with E-state index in [1.807, 2.05) is 10.6 Å². The topological polar surface area (TPSA) is 75.3 Å². The molecular formula is C17H14N2O3. The number of phenols is 1. The number of aromatic carboxylic acids is 1. The zero-order chi connectivity index (χ0) is 15.7. The number of aromatic hydroxyl groups is 1. The van der Waals surface area contributed by atoms with Crippen molar-refractivity contribution in [3.8, 4) is 22.7 Å². The molecule has 0 unspecified atom stereocenters. The average Bonchev–Trinajstić information content (AvgIpc) is 2.87. The van der Waals surface area contributed by atoms with Gasteiger partial charge in [0.15, 0.2) is 0 Å². The second kappa shape index (κ2) is 5.37. The van der Waals surface area contributed by atoms with Crippen molar-refractivity contribution in [3.05, 3.63) is 66.1 Å². The van der Waals surface area contributed by atoms with Gasteiger partial charge in [0, 0.05) is 29.3 Å². The van der Waals surface area contributed by atoms with Crippen LogP contribution in [0.15, 0.2) is 54.9 Å². The van der Waals surface area contributed by atoms with Crippen molar-refractivity contribution in [3.63, 3.8) is 0 Å². The molecule has 0 bridgehead atoms. The van der Waals surface area contributed by atoms with Gasteiger partial charge >= 0.3 is 5.97 Å². The Morgan fingerprint density at radius 3 is 2.50 bits per heavy atom. The van der Waals surface area contributed by atoms with E-state index in [2.05, 4.69) is 4.98 Å². The standard InChI is InChI=1S/C17H14N2O3/c1-11-15(17(21)22)9-16(12-3-2-8-18-10-12)19(11)13-4-6-14(20)7-5-13/h2-10,20H,1H3,(H,21,22). The van der Waals surface area contributed by atoms with Crippen molar-refractivity contribution in [2.45, 2.75) is 6.92 Å². The Kier molecular flexibility index (Phi) is 3.39. The lowest BCUT2D eigenvalue weighted by Crippen LogP contribution is -2.02. The predicted octanol–water partition coefficient (Wildman–Crippen LogP) is 3.25. The number of aromatic nitrogens is 2. The summed E-state index contributed by atoms with van der Waals surface area (Å²) in [4.78, 5) is 15.5. The Hall–Kier alpha value is -3.08. The van der Waals surface area contributed by atoms with Crippen molar-refractivity contribution in [1.29, 1.82) is 0 Å². The fraction of sp³-hybridized carbons (Fsp3) is 0.0588. The lowest BCUT2D eigenvalue weighted by Gasteiger charge is -2.12. The first-order valence-electron chi connectivity index (χ1n) is 6.73. The van der Waals surface area contributed by atoms with E-state index in [0.717, 1.165) is 16.9 Å². The van der Waals surface area contributed by atoms with E-state index in [9.17, 15) is 15.0 Å². The molecule has 110 valence electrons. The van der Waals surface area contributed by atoms with Gasteiger partial charge in [-0.25, -0.2) is 4.79 Å². The molecule has 2 aromatic heterocycles. The first kappa shape index (κ1) is 13.9. The quantitative estimate of drug-likeness (QED) is 0.777. The summed E-state index contributed by atoms with van der Waals surface area (Å²) in [5, 5.41) is 18.8. The molecule has 0 saturated heterocycles. The second-order valence-electron chi connectivity index (χ2n) is 4.93. The van der Waals surface area contributed by atoms with Gasteiger partial charge in [-0.3, -0.25) is 4.98 Å². The van der Waals surface area contributed by atoms with Crippen LogP contribution in [0.1, 0.15) is 16.1 Å². The van der Waals surface area contributed by atoms with Crippen molar-refractivity contribution >= 4 is 5.97 Å². The molecule has 5 heteroatoms. The third-order valence-electron chi connectivity index (χ3n) is 3.54. The Labute approximate surface area is 127 Å². The highest BCUT2D eigenvalue weighted by Crippen LogP contribution is 2.29. The van der Waals surface area contributed by atoms with Crippen LogP contribution in [0.2, 0.25) is 0 Å². The van der Waals surface area contributed by atoms with Crippen molar-refractivity contribution < 1.29 is 15.0 Å². The molecule has 3 rings (SSSR count). The summed E-state index contributed by atoms with van der Waals surface area (Å²) < 4.78 is 1.85. The Morgan fingerprint density at radius 1 is 1.18 bits per heavy atom. The fourth-order valence-electron chi connectivity index (χ4n) is 2.48. The van der Waals surface area contributed by atoms with Crippen LogP contribution in [0, 0.1) is 6.92 Å². The Balaban J connectivity index is 2.27. The highest BCUT2D eigenvalue weighted by Gasteiger charge is 2.19. The van der Waals surface area contributed by atoms with Crippen LogP contribution in [-0.2, 0) is 0 Å². The first-order chi connectivity index (χ1) is 10.6. The molecule has 1 aromatic carbocycles. The molecule has 0 saturated carbocycles. The van der Waals surface area contributed by atoms with Crippen LogP contribution in [0.25, 0.3) is 16.9 Å². The third kappa shape index (κ3) is 2.33. The average molecular weight is 294 g/mol. The van der Waals surface area contributed by atoms with Gasteiger partial charge in [-0.1, -0.05) is 0 Å². The summed E-state index contributed by atoms with van der Waals surface area (Å²) in [5.74, 6) is -0.810. The highest BCUT2D eigenvalue weighted by atomic mass is 16.4. The third-order valence-corrected chi connectivity index (χ3v) is 3.54. The lowest BCUT2D eigenvalue weighted by molar-refractivity contribution is 0.0696. The molecule has 0 radical (unpaired) electrons. The van der Waals surface area contributed by atoms with E-state index >= 15 is 0 Å². The van der Waals surface area contributed by atoms with Gasteiger partial charge in [0.1, 0.15) is 5.75 Å². The summed E-state index contributed by atoms with van der Waals surface area (Å²) in [6.45, 7) is 1.76. The van der Waals surface area contributed by atoms with Crippen LogP contribution >= 0.6 is 0 Å². The molecule has 3 aromatic rings. The molecule has 22 heavy (non-hydrogen) atoms. The molecule has 0 atom stereocenters. The van der Waals surface area contributed by atoms with Crippen LogP contribution in [-0.4, -0.2) is 25.7 Å². The molecule has 0 aliphatic rings. The molecular weight excluding hydrogens is 280 g/mol. The van der Waals surface area contributed by atoms with E-state index in [1.54, 1.807) is 55.7 Å². The number of carbonyl (C=O) groups is 1. The number of nitrogens with zero attached hydrogens (tertiary/aromatic N) is 2. The molecule has 2 heterocycles. The van der Waals surface area contributed by atoms with Crippen LogP contribution < -0.4 is 0 Å². The maximum absolute atomic E-state index is 11.4. The number of carboxylic acid groups (broad SMARTS) is 1. The van der Waals surface area contributed by atoms with Gasteiger partial charge in [0.2, 0.25) is 0 Å². The monoisotopic (exact) mass is 294 g/mol. The van der Waals surface area contributed by atoms with Crippen molar-refractivity contribution in [2.75, 3.05) is 0 Å². The smallest absolute Gasteiger partial charge is 0.337 e. The first-order valence-corrected chi connectivity index (χ1v) is 6.73. The zero-order valence-corrected chi connectivity index (χ0v) is 11.9. The fourth-order valence-corrected chi connectivity index (χ4v) is 2.48. The van der Waals surface area contributed by atoms with Crippen LogP contribution in [0.3, 0.4) is 0 Å². The highest BCUT2D eigenvalue weighted by molar-refractivity contribution is 5.91. The van der Waals surface area contributed by atoms with Gasteiger partial charge < -0.3 is 14.8 Å². The molecule has 0 aliphatic heterocycles. The SMILES string of the molecule is Cc1c(C(=O)O)cc(-c2cccnc2)n1-c1ccc(O)cc1. The minimum atomic E-state index is -0.972. The number of rotatable bonds is 3. The minimum Gasteiger partial charge on any atom is -0.508 e. The number of carboxylic acids is 1. The van der Waals surface area contributed by atoms with Crippen molar-refractivity contribution in [1.82, 2.24) is 9.55 Å². The number of hydrogen-bond acceptors (Lipinski definition) is 3. The molecule has 0 amide bonds. The van der Waals surface area contributed by atoms with Gasteiger partial charge in [-0.05, 0) is 49.4 Å². The molecule has 2 N–H and O–H groups in total. The van der Waals surface area contributed by atoms with E-state index in [0.29, 0.717) is 5.69 Å². The molecule has 5 nitrogen and oxygen atoms in total. The largest absolute Gasteiger partial charge is 0.508 e. The summed E-state index contributed by atoms with van der Waals surface area (Å²) >= 11 is 0. The van der Waals surface area contributed by atoms with E-state index < -0.39 is 5.97 Å². The van der Waals surface area contributed by atoms with E-state index in [-0.39, 0.29) is 11.3 Å². The minimum absolute atomic E-state index is 0.162. The summed E-state index contributed by atoms with van der Waals surface area (Å²) in [6.07, 6.45) is 3.36. The normalized spacial score (nSPS) is 10.6. The number of pyridine rings is 1. The van der Waals surface area contributed by atoms with Gasteiger partial charge in [0.25, 0.3) is 0 Å². The Bertz CT molecular complexity index is 821. The van der Waals surface area contributed by atoms with Crippen LogP contribution in [0.5, 0.6) is 5.75 Å². The molecule has 0 spiro atoms. The number of phenolic OH excluding ortho intramolecular Hbond substituents is 1. The van der Waals surface area contributed by atoms with Crippen LogP contribution in [0.4, 0.5) is 0 Å². The summed E-state index contributed by atoms with van der Waals surface area (Å²) in [7, 11) is 0. The summed E-state index contributed by atoms with van der Waals surface area (Å²) in [5.41, 5.74) is 3.21. The maximum atomic E-state index is 11.4. The summed E-state index contributed by atoms with van der Waals surface area (Å²) in [6, 6.07) is 12.0. The van der Waals surface area contributed by atoms with Gasteiger partial charge in [0.05, 0.1) is 11.3 Å². The van der Waals surface area contributed by atoms with Gasteiger partial charge in [-0.2, -0.15) is 0 Å². The van der Waals surface area contributed by atoms with E-state index in [4.69, 9.17) is 0 Å². The van der Waals surface area contributed by atoms with Crippen molar-refractivity contribution in [2.24, 2.45) is 0 Å². The second-order valence-corrected chi connectivity index (χ2v) is 4.93. The van der Waals surface area contributed by atoms with Gasteiger partial charge in [-0.15, -0.1) is 0 Å². The molecule has 0 aliphatic carbocycles. The maximum Gasteiger partial charge on any atom is 0.337 e. The number of benzene rings is 1. The Morgan fingerprint density at radius 2 is 1.91 bits per heavy atom. The van der Waals surface area contributed by atoms with E-state index in [1.165, 1.54) is 0 Å². The molecule has 0 fully saturated rings. The predicted molar refractivity (Wildman–Crippen MR) is 82.4 cm³/mol.